The number of nitrogens with zero attached hydrogens (tertiary/aromatic N) is 5. The summed E-state index contributed by atoms with van der Waals surface area (Å²) in [5.74, 6) is 3.61. The van der Waals surface area contributed by atoms with E-state index in [1.165, 1.54) is 51.6 Å². The first-order valence-electron chi connectivity index (χ1n) is 42.5. The number of likely N-dealkylation sites (N-methyl/N-ethyl adjacent to an activating group) is 4. The number of hydrogen-bond donors (Lipinski definition) is 8. The normalized spacial score (nSPS) is 32.4. The summed E-state index contributed by atoms with van der Waals surface area (Å²) in [5, 5.41) is 68.8. The van der Waals surface area contributed by atoms with Gasteiger partial charge in [0.2, 0.25) is 5.91 Å². The van der Waals surface area contributed by atoms with Crippen molar-refractivity contribution in [2.75, 3.05) is 54.4 Å². The van der Waals surface area contributed by atoms with E-state index >= 15 is 0 Å². The Hall–Kier alpha value is -10.7. The number of aryl methyl sites for hydroxylation is 1. The van der Waals surface area contributed by atoms with Crippen LogP contribution < -0.4 is 40.2 Å². The maximum atomic E-state index is 13.0. The Morgan fingerprint density at radius 2 is 0.797 bits per heavy atom. The maximum Gasteiger partial charge on any atom is 0.270 e. The summed E-state index contributed by atoms with van der Waals surface area (Å²) in [6, 6.07) is 37.7. The number of amides is 4. The van der Waals surface area contributed by atoms with Crippen LogP contribution in [0.5, 0.6) is 46.0 Å². The number of nitro benzene ring substituents is 1. The van der Waals surface area contributed by atoms with E-state index in [2.05, 4.69) is 124 Å². The van der Waals surface area contributed by atoms with Crippen LogP contribution in [0.15, 0.2) is 181 Å². The van der Waals surface area contributed by atoms with Gasteiger partial charge in [0.05, 0.1) is 45.6 Å². The van der Waals surface area contributed by atoms with Gasteiger partial charge in [0.1, 0.15) is 24.4 Å². The first kappa shape index (κ1) is 80.7. The van der Waals surface area contributed by atoms with Crippen molar-refractivity contribution < 1.29 is 63.5 Å². The third-order valence-electron chi connectivity index (χ3n) is 30.6. The molecule has 20 unspecified atom stereocenters. The van der Waals surface area contributed by atoms with Crippen molar-refractivity contribution in [3.05, 3.63) is 273 Å². The molecule has 4 fully saturated rings. The van der Waals surface area contributed by atoms with Gasteiger partial charge in [-0.3, -0.25) is 29.3 Å². The first-order valence-corrected chi connectivity index (χ1v) is 44.1. The molecular weight excluding hydrogens is 1620 g/mol. The number of thiophene rings is 1. The molecule has 4 amide bonds. The van der Waals surface area contributed by atoms with Gasteiger partial charge in [0.25, 0.3) is 23.4 Å². The number of carbonyl (C=O) groups is 4. The number of aromatic hydroxyl groups is 4. The van der Waals surface area contributed by atoms with E-state index < -0.39 is 11.0 Å². The molecule has 9 heterocycles. The Bertz CT molecular complexity index is 5860. The quantitative estimate of drug-likeness (QED) is 0.0359. The lowest BCUT2D eigenvalue weighted by molar-refractivity contribution is -0.384. The van der Waals surface area contributed by atoms with Crippen LogP contribution in [-0.2, 0) is 58.6 Å². The molecule has 1 aromatic heterocycles. The molecule has 8 bridgehead atoms. The highest BCUT2D eigenvalue weighted by atomic mass is 35.5. The SMILES string of the molecule is C.CN1CCC23c4c5ccc(O)c4OC2C(NC(=O)Cc2cccs2)C=CC3C1C5.CN1CCC23c4c5ccc(O)c4OC2C(NC(=O)c2ccc(Cl)c(Cl)c2)C=CC3C1C5.CN1CCC23c4c5ccc(O)c4OC2C(NC(=O)c2cccc([N+](=O)[O-])c2)C=CC3C1C5.Cc1cccc(C(=O)NC2C=CC3C4Cc5ccc(O)c6c5C3(CCN4C)C2O6)c1. The van der Waals surface area contributed by atoms with Crippen LogP contribution in [0.1, 0.15) is 119 Å². The zero-order chi connectivity index (χ0) is 84.1. The topological polar surface area (TPSA) is 290 Å². The maximum absolute atomic E-state index is 13.0. The second-order valence-electron chi connectivity index (χ2n) is 36.4. The van der Waals surface area contributed by atoms with E-state index in [0.717, 1.165) is 99.1 Å². The molecule has 4 saturated heterocycles. The van der Waals surface area contributed by atoms with Crippen LogP contribution in [0.25, 0.3) is 0 Å². The first-order chi connectivity index (χ1) is 58.9. The lowest BCUT2D eigenvalue weighted by atomic mass is 9.53. The fourth-order valence-corrected chi connectivity index (χ4v) is 26.2. The van der Waals surface area contributed by atoms with E-state index in [1.54, 1.807) is 59.9 Å². The van der Waals surface area contributed by atoms with Crippen LogP contribution in [0.2, 0.25) is 10.0 Å². The average molecular weight is 1720 g/mol. The third kappa shape index (κ3) is 12.3. The number of benzene rings is 7. The molecule has 0 saturated carbocycles. The molecule has 16 aliphatic rings. The summed E-state index contributed by atoms with van der Waals surface area (Å²) in [6.07, 6.45) is 24.2. The number of rotatable bonds is 10. The van der Waals surface area contributed by atoms with Crippen molar-refractivity contribution in [3.8, 4) is 46.0 Å². The molecule has 4 spiro atoms. The minimum Gasteiger partial charge on any atom is -0.504 e. The Balaban J connectivity index is 0.000000104. The van der Waals surface area contributed by atoms with Gasteiger partial charge in [-0.15, -0.1) is 11.3 Å². The molecule has 123 heavy (non-hydrogen) atoms. The van der Waals surface area contributed by atoms with Gasteiger partial charge in [0.15, 0.2) is 46.0 Å². The van der Waals surface area contributed by atoms with Crippen LogP contribution in [-0.4, -0.2) is 196 Å². The van der Waals surface area contributed by atoms with Crippen LogP contribution in [0.4, 0.5) is 5.69 Å². The number of nitrogens with one attached hydrogen (secondary N) is 4. The number of nitro groups is 1. The zero-order valence-electron chi connectivity index (χ0n) is 68.0. The van der Waals surface area contributed by atoms with Crippen molar-refractivity contribution in [2.45, 2.75) is 167 Å². The second-order valence-corrected chi connectivity index (χ2v) is 38.3. The lowest BCUT2D eigenvalue weighted by Crippen LogP contribution is -2.66. The van der Waals surface area contributed by atoms with Crippen molar-refractivity contribution in [3.63, 3.8) is 0 Å². The fourth-order valence-electron chi connectivity index (χ4n) is 25.2. The molecule has 7 aromatic carbocycles. The van der Waals surface area contributed by atoms with E-state index in [9.17, 15) is 49.7 Å². The van der Waals surface area contributed by atoms with E-state index in [1.807, 2.05) is 66.9 Å². The molecule has 24 rings (SSSR count). The Morgan fingerprint density at radius 3 is 1.14 bits per heavy atom. The number of phenols is 4. The van der Waals surface area contributed by atoms with Crippen LogP contribution in [0, 0.1) is 40.7 Å². The molecule has 636 valence electrons. The van der Waals surface area contributed by atoms with Gasteiger partial charge in [-0.25, -0.2) is 0 Å². The molecule has 23 nitrogen and oxygen atoms in total. The van der Waals surface area contributed by atoms with Crippen LogP contribution >= 0.6 is 34.5 Å². The summed E-state index contributed by atoms with van der Waals surface area (Å²) < 4.78 is 25.8. The molecule has 20 atom stereocenters. The van der Waals surface area contributed by atoms with Gasteiger partial charge in [-0.05, 0) is 207 Å². The number of non-ortho nitro benzene ring substituents is 1. The molecular formula is C97H99Cl2N9O14S. The van der Waals surface area contributed by atoms with Gasteiger partial charge in [-0.2, -0.15) is 0 Å². The monoisotopic (exact) mass is 1720 g/mol. The summed E-state index contributed by atoms with van der Waals surface area (Å²) in [7, 11) is 8.74. The van der Waals surface area contributed by atoms with Gasteiger partial charge in [-0.1, -0.05) is 133 Å². The van der Waals surface area contributed by atoms with Crippen molar-refractivity contribution >= 4 is 63.9 Å². The summed E-state index contributed by atoms with van der Waals surface area (Å²) >= 11 is 13.7. The standard InChI is InChI=1S/C25H26N2O3.C24H22Cl2N2O3.C24H23N3O5.C23H24N2O3S.CH4/c1-14-4-3-5-16(12-14)24(29)26-18-8-7-17-19-13-15-6-9-20(28)22-21(15)25(17,23(18)30-22)10-11-27(19)2;1-28-9-8-24-14-4-6-17(27-23(30)13-2-5-15(25)16(26)10-13)22(24)31-21-19(29)7-3-12(20(21)24)11-18(14)28;1-26-10-9-24-16-6-7-17(25-23(29)14-3-2-4-15(11-14)27(30)31)22(24)32-21-19(28)8-5-13(20(21)24)12-18(16)26;1-25-9-8-23-15-5-6-16(24-19(27)12-14-3-2-10-29-14)22(23)28-21-18(26)7-4-13(20(21)23)11-17(15)25;/h3-9,12,17-19,23,28H,10-11,13H2,1-2H3,(H,26,29);2-7,10,14,17-18,22,29H,8-9,11H2,1H3,(H,27,30);2-8,11,16-18,22,28H,9-10,12H2,1H3,(H,25,29);2-7,10,15-17,22,26H,8-9,11-12H2,1H3,(H,24,27);1H4. The summed E-state index contributed by atoms with van der Waals surface area (Å²) in [5.41, 5.74) is 11.0. The van der Waals surface area contributed by atoms with E-state index in [0.29, 0.717) is 86.6 Å². The zero-order valence-corrected chi connectivity index (χ0v) is 70.4. The van der Waals surface area contributed by atoms with E-state index in [-0.39, 0.29) is 141 Å². The largest absolute Gasteiger partial charge is 0.504 e. The molecule has 26 heteroatoms. The summed E-state index contributed by atoms with van der Waals surface area (Å²) in [6.45, 7) is 5.84. The third-order valence-corrected chi connectivity index (χ3v) is 32.2. The number of likely N-dealkylation sites (tertiary alicyclic amines) is 4. The number of phenolic OH excluding ortho intramolecular Hbond substituents is 4. The molecule has 8 aliphatic carbocycles. The Morgan fingerprint density at radius 1 is 0.447 bits per heavy atom. The highest BCUT2D eigenvalue weighted by Crippen LogP contribution is 2.67. The molecule has 8 aliphatic heterocycles. The molecule has 0 radical (unpaired) electrons. The Labute approximate surface area is 727 Å². The minimum atomic E-state index is -0.511. The number of halogens is 2. The van der Waals surface area contributed by atoms with Crippen molar-refractivity contribution in [1.82, 2.24) is 40.9 Å². The number of hydrogen-bond acceptors (Lipinski definition) is 19. The van der Waals surface area contributed by atoms with Crippen LogP contribution in [0.3, 0.4) is 0 Å². The highest BCUT2D eigenvalue weighted by molar-refractivity contribution is 7.10. The number of carbonyl (C=O) groups excluding carboxylic acids is 4. The number of ether oxygens (including phenoxy) is 4. The second kappa shape index (κ2) is 30.0. The average Bonchev–Trinajstić information content (AvgIpc) is 1.57. The minimum absolute atomic E-state index is 0. The molecule has 8 N–H and O–H groups in total. The molecule has 8 aromatic rings. The van der Waals surface area contributed by atoms with Gasteiger partial charge >= 0.3 is 0 Å². The number of piperidine rings is 4. The Kier molecular flexibility index (Phi) is 19.7. The van der Waals surface area contributed by atoms with E-state index in [4.69, 9.17) is 42.1 Å². The van der Waals surface area contributed by atoms with Gasteiger partial charge in [0, 0.05) is 125 Å². The van der Waals surface area contributed by atoms with Gasteiger partial charge < -0.3 is 80.2 Å². The smallest absolute Gasteiger partial charge is 0.270 e. The predicted molar refractivity (Wildman–Crippen MR) is 467 cm³/mol. The van der Waals surface area contributed by atoms with Crippen molar-refractivity contribution in [1.29, 1.82) is 0 Å². The summed E-state index contributed by atoms with van der Waals surface area (Å²) in [4.78, 5) is 73.2. The predicted octanol–water partition coefficient (Wildman–Crippen LogP) is 12.7. The fraction of sp³-hybridized carbons (Fsp3) is 0.402. The van der Waals surface area contributed by atoms with Crippen molar-refractivity contribution in [2.24, 2.45) is 23.7 Å². The lowest BCUT2D eigenvalue weighted by Gasteiger charge is -2.57. The highest BCUT2D eigenvalue weighted by Gasteiger charge is 2.69.